The smallest absolute Gasteiger partial charge is 0.312 e. The molecule has 0 aliphatic heterocycles. The number of allylic oxidation sites excluding steroid dienone is 2. The van der Waals surface area contributed by atoms with Crippen LogP contribution in [0, 0.1) is 50.2 Å². The summed E-state index contributed by atoms with van der Waals surface area (Å²) in [6, 6.07) is 0. The summed E-state index contributed by atoms with van der Waals surface area (Å²) in [5.41, 5.74) is 0.437. The van der Waals surface area contributed by atoms with Gasteiger partial charge in [0.05, 0.1) is 12.2 Å². The summed E-state index contributed by atoms with van der Waals surface area (Å²) in [7, 11) is 0. The lowest BCUT2D eigenvalue weighted by Crippen LogP contribution is -2.66. The topological polar surface area (TPSA) is 77.8 Å². The van der Waals surface area contributed by atoms with Gasteiger partial charge in [0.2, 0.25) is 0 Å². The molecule has 34 heavy (non-hydrogen) atoms. The summed E-state index contributed by atoms with van der Waals surface area (Å²) >= 11 is 0. The van der Waals surface area contributed by atoms with Crippen molar-refractivity contribution >= 4 is 5.97 Å². The van der Waals surface area contributed by atoms with Crippen LogP contribution in [0.25, 0.3) is 0 Å². The molecule has 0 amide bonds. The normalized spacial score (nSPS) is 53.4. The van der Waals surface area contributed by atoms with Gasteiger partial charge in [-0.25, -0.2) is 0 Å². The van der Waals surface area contributed by atoms with E-state index in [0.717, 1.165) is 44.9 Å². The zero-order chi connectivity index (χ0) is 25.1. The van der Waals surface area contributed by atoms with Crippen LogP contribution in [0.3, 0.4) is 0 Å². The summed E-state index contributed by atoms with van der Waals surface area (Å²) in [6.45, 7) is 16.4. The van der Waals surface area contributed by atoms with E-state index in [0.29, 0.717) is 24.7 Å². The molecule has 0 aromatic heterocycles. The first-order chi connectivity index (χ1) is 15.6. The summed E-state index contributed by atoms with van der Waals surface area (Å²) in [5.74, 6) is 0.167. The third-order valence-corrected chi connectivity index (χ3v) is 13.0. The van der Waals surface area contributed by atoms with Crippen molar-refractivity contribution in [2.75, 3.05) is 0 Å². The predicted octanol–water partition coefficient (Wildman–Crippen LogP) is 6.20. The Balaban J connectivity index is 1.61. The highest BCUT2D eigenvalue weighted by atomic mass is 16.4. The lowest BCUT2D eigenvalue weighted by molar-refractivity contribution is -0.212. The number of carbonyl (C=O) groups is 1. The van der Waals surface area contributed by atoms with Gasteiger partial charge in [-0.3, -0.25) is 4.79 Å². The summed E-state index contributed by atoms with van der Waals surface area (Å²) in [4.78, 5) is 12.8. The van der Waals surface area contributed by atoms with Gasteiger partial charge >= 0.3 is 5.97 Å². The molecule has 0 saturated heterocycles. The van der Waals surface area contributed by atoms with E-state index in [2.05, 4.69) is 54.5 Å². The van der Waals surface area contributed by atoms with Crippen molar-refractivity contribution in [1.29, 1.82) is 0 Å². The Morgan fingerprint density at radius 1 is 0.853 bits per heavy atom. The Labute approximate surface area is 206 Å². The van der Waals surface area contributed by atoms with Crippen LogP contribution in [-0.4, -0.2) is 33.5 Å². The maximum absolute atomic E-state index is 12.8. The van der Waals surface area contributed by atoms with Gasteiger partial charge in [-0.05, 0) is 103 Å². The van der Waals surface area contributed by atoms with Gasteiger partial charge in [-0.15, -0.1) is 0 Å². The SMILES string of the molecule is CC1(C)CC(O)[C@]2(C(=O)O)CC[C@]3(C)C(=CC[C@@H]4[C@@]5(C)CC[C@H](O)C(C)(C)C5CC[C@]43C)[C@H]2C1. The van der Waals surface area contributed by atoms with E-state index >= 15 is 0 Å². The lowest BCUT2D eigenvalue weighted by atomic mass is 9.33. The van der Waals surface area contributed by atoms with Crippen molar-refractivity contribution in [3.8, 4) is 0 Å². The van der Waals surface area contributed by atoms with Gasteiger partial charge in [0, 0.05) is 0 Å². The van der Waals surface area contributed by atoms with E-state index in [1.807, 2.05) is 0 Å². The van der Waals surface area contributed by atoms with E-state index in [9.17, 15) is 20.1 Å². The molecule has 5 aliphatic carbocycles. The molecular weight excluding hydrogens is 424 g/mol. The van der Waals surface area contributed by atoms with Crippen molar-refractivity contribution < 1.29 is 20.1 Å². The van der Waals surface area contributed by atoms with Gasteiger partial charge in [0.1, 0.15) is 5.41 Å². The first kappa shape index (κ1) is 24.8. The average molecular weight is 473 g/mol. The first-order valence-electron chi connectivity index (χ1n) is 13.9. The Kier molecular flexibility index (Phi) is 5.20. The monoisotopic (exact) mass is 472 g/mol. The van der Waals surface area contributed by atoms with Crippen LogP contribution in [0.15, 0.2) is 11.6 Å². The quantitative estimate of drug-likeness (QED) is 0.397. The van der Waals surface area contributed by atoms with Crippen LogP contribution in [0.2, 0.25) is 0 Å². The highest BCUT2D eigenvalue weighted by Gasteiger charge is 2.70. The fourth-order valence-electron chi connectivity index (χ4n) is 10.8. The lowest BCUT2D eigenvalue weighted by Gasteiger charge is -2.71. The molecule has 0 spiro atoms. The van der Waals surface area contributed by atoms with E-state index in [1.165, 1.54) is 5.57 Å². The van der Waals surface area contributed by atoms with Gasteiger partial charge in [-0.2, -0.15) is 0 Å². The minimum absolute atomic E-state index is 0.0408. The summed E-state index contributed by atoms with van der Waals surface area (Å²) < 4.78 is 0. The van der Waals surface area contributed by atoms with Crippen LogP contribution in [0.5, 0.6) is 0 Å². The summed E-state index contributed by atoms with van der Waals surface area (Å²) in [6.07, 6.45) is 9.51. The van der Waals surface area contributed by atoms with E-state index < -0.39 is 17.5 Å². The van der Waals surface area contributed by atoms with Crippen LogP contribution in [0.1, 0.15) is 106 Å². The van der Waals surface area contributed by atoms with Crippen molar-refractivity contribution in [2.45, 2.75) is 118 Å². The number of carboxylic acids is 1. The fraction of sp³-hybridized carbons (Fsp3) is 0.900. The van der Waals surface area contributed by atoms with Crippen LogP contribution < -0.4 is 0 Å². The second-order valence-corrected chi connectivity index (χ2v) is 15.2. The molecule has 0 aromatic carbocycles. The third-order valence-electron chi connectivity index (χ3n) is 13.0. The molecule has 4 heteroatoms. The van der Waals surface area contributed by atoms with E-state index in [1.54, 1.807) is 0 Å². The van der Waals surface area contributed by atoms with Gasteiger partial charge in [-0.1, -0.05) is 60.1 Å². The molecule has 5 rings (SSSR count). The van der Waals surface area contributed by atoms with Crippen molar-refractivity contribution in [2.24, 2.45) is 50.2 Å². The Morgan fingerprint density at radius 2 is 1.53 bits per heavy atom. The molecular formula is C30H48O4. The van der Waals surface area contributed by atoms with Crippen molar-refractivity contribution in [3.63, 3.8) is 0 Å². The fourth-order valence-corrected chi connectivity index (χ4v) is 10.8. The molecule has 2 unspecified atom stereocenters. The standard InChI is InChI=1S/C30H48O4/c1-25(2)16-19-18-8-9-21-27(5)12-11-22(31)26(3,4)20(27)10-13-29(21,7)28(18,6)14-15-30(19,24(33)34)23(32)17-25/h8,19-23,31-32H,9-17H2,1-7H3,(H,33,34)/t19-,20?,21-,22+,23?,27+,28-,29-,30+/m1/s1. The van der Waals surface area contributed by atoms with Crippen molar-refractivity contribution in [3.05, 3.63) is 11.6 Å². The summed E-state index contributed by atoms with van der Waals surface area (Å²) in [5, 5.41) is 32.7. The van der Waals surface area contributed by atoms with E-state index in [-0.39, 0.29) is 39.1 Å². The minimum Gasteiger partial charge on any atom is -0.481 e. The number of rotatable bonds is 1. The largest absolute Gasteiger partial charge is 0.481 e. The van der Waals surface area contributed by atoms with Gasteiger partial charge in [0.15, 0.2) is 0 Å². The molecule has 0 aromatic rings. The Morgan fingerprint density at radius 3 is 2.18 bits per heavy atom. The second kappa shape index (κ2) is 7.12. The van der Waals surface area contributed by atoms with Gasteiger partial charge in [0.25, 0.3) is 0 Å². The van der Waals surface area contributed by atoms with Gasteiger partial charge < -0.3 is 15.3 Å². The first-order valence-corrected chi connectivity index (χ1v) is 13.9. The molecule has 0 heterocycles. The second-order valence-electron chi connectivity index (χ2n) is 15.2. The molecule has 4 saturated carbocycles. The maximum Gasteiger partial charge on any atom is 0.312 e. The minimum atomic E-state index is -1.04. The zero-order valence-electron chi connectivity index (χ0n) is 22.6. The molecule has 9 atom stereocenters. The molecule has 5 aliphatic rings. The van der Waals surface area contributed by atoms with E-state index in [4.69, 9.17) is 0 Å². The molecule has 4 fully saturated rings. The van der Waals surface area contributed by atoms with Crippen LogP contribution >= 0.6 is 0 Å². The zero-order valence-corrected chi connectivity index (χ0v) is 22.6. The maximum atomic E-state index is 12.8. The van der Waals surface area contributed by atoms with Crippen LogP contribution in [0.4, 0.5) is 0 Å². The number of aliphatic carboxylic acids is 1. The van der Waals surface area contributed by atoms with Crippen LogP contribution in [-0.2, 0) is 4.79 Å². The van der Waals surface area contributed by atoms with Crippen molar-refractivity contribution in [1.82, 2.24) is 0 Å². The molecule has 0 bridgehead atoms. The third kappa shape index (κ3) is 2.82. The number of carboxylic acid groups (broad SMARTS) is 1. The highest BCUT2D eigenvalue weighted by Crippen LogP contribution is 2.75. The molecule has 3 N–H and O–H groups in total. The number of fused-ring (bicyclic) bond motifs is 7. The number of aliphatic hydroxyl groups is 2. The molecule has 0 radical (unpaired) electrons. The number of aliphatic hydroxyl groups excluding tert-OH is 2. The predicted molar refractivity (Wildman–Crippen MR) is 134 cm³/mol. The number of hydrogen-bond acceptors (Lipinski definition) is 3. The average Bonchev–Trinajstić information content (AvgIpc) is 2.70. The molecule has 192 valence electrons. The number of hydrogen-bond donors (Lipinski definition) is 3. The Hall–Kier alpha value is -0.870. The molecule has 4 nitrogen and oxygen atoms in total. The highest BCUT2D eigenvalue weighted by molar-refractivity contribution is 5.77. The Bertz CT molecular complexity index is 919.